The summed E-state index contributed by atoms with van der Waals surface area (Å²) in [5.41, 5.74) is -0.621. The predicted octanol–water partition coefficient (Wildman–Crippen LogP) is 3.53. The number of carbonyl (C=O) groups is 1. The van der Waals surface area contributed by atoms with Crippen molar-refractivity contribution >= 4 is 5.97 Å². The maximum atomic E-state index is 13.4. The van der Waals surface area contributed by atoms with Gasteiger partial charge in [-0.1, -0.05) is 12.1 Å². The Bertz CT molecular complexity index is 683. The molecule has 7 heteroatoms. The molecule has 0 saturated carbocycles. The highest BCUT2D eigenvalue weighted by Gasteiger charge is 2.30. The first-order valence-electron chi connectivity index (χ1n) is 5.81. The highest BCUT2D eigenvalue weighted by Crippen LogP contribution is 2.32. The smallest absolute Gasteiger partial charge is 0.416 e. The predicted molar refractivity (Wildman–Crippen MR) is 66.0 cm³/mol. The number of halogens is 4. The molecule has 0 atom stereocenters. The molecule has 0 unspecified atom stereocenters. The van der Waals surface area contributed by atoms with Gasteiger partial charge in [-0.05, 0) is 23.8 Å². The molecule has 21 heavy (non-hydrogen) atoms. The fraction of sp³-hybridized carbons (Fsp3) is 0.143. The number of aromatic nitrogens is 1. The largest absolute Gasteiger partial charge is 0.481 e. The number of hydrogen-bond donors (Lipinski definition) is 1. The van der Waals surface area contributed by atoms with Gasteiger partial charge >= 0.3 is 12.1 Å². The summed E-state index contributed by atoms with van der Waals surface area (Å²) in [6.07, 6.45) is -4.02. The third-order valence-electron chi connectivity index (χ3n) is 2.78. The van der Waals surface area contributed by atoms with E-state index in [0.29, 0.717) is 0 Å². The monoisotopic (exact) mass is 299 g/mol. The molecule has 0 saturated heterocycles. The molecule has 1 heterocycles. The fourth-order valence-corrected chi connectivity index (χ4v) is 1.81. The molecule has 0 aliphatic heterocycles. The lowest BCUT2D eigenvalue weighted by molar-refractivity contribution is -0.138. The van der Waals surface area contributed by atoms with E-state index in [1.54, 1.807) is 0 Å². The average molecular weight is 299 g/mol. The third kappa shape index (κ3) is 3.56. The Morgan fingerprint density at radius 1 is 1.19 bits per heavy atom. The van der Waals surface area contributed by atoms with Gasteiger partial charge in [0, 0.05) is 17.3 Å². The number of carboxylic acid groups (broad SMARTS) is 1. The maximum Gasteiger partial charge on any atom is 0.416 e. The van der Waals surface area contributed by atoms with E-state index in [0.717, 1.165) is 18.3 Å². The molecular formula is C14H9F4NO2. The van der Waals surface area contributed by atoms with E-state index >= 15 is 0 Å². The number of pyridine rings is 1. The Morgan fingerprint density at radius 3 is 2.52 bits per heavy atom. The van der Waals surface area contributed by atoms with Crippen LogP contribution < -0.4 is 0 Å². The molecule has 1 N–H and O–H groups in total. The maximum absolute atomic E-state index is 13.4. The lowest BCUT2D eigenvalue weighted by Gasteiger charge is -2.09. The van der Waals surface area contributed by atoms with Gasteiger partial charge in [0.2, 0.25) is 5.95 Å². The first kappa shape index (κ1) is 15.0. The fourth-order valence-electron chi connectivity index (χ4n) is 1.81. The van der Waals surface area contributed by atoms with Crippen LogP contribution in [-0.4, -0.2) is 16.1 Å². The molecular weight excluding hydrogens is 290 g/mol. The zero-order valence-electron chi connectivity index (χ0n) is 10.5. The number of rotatable bonds is 3. The van der Waals surface area contributed by atoms with Gasteiger partial charge in [-0.25, -0.2) is 4.98 Å². The van der Waals surface area contributed by atoms with Crippen molar-refractivity contribution in [3.8, 4) is 11.1 Å². The number of hydrogen-bond acceptors (Lipinski definition) is 2. The van der Waals surface area contributed by atoms with Gasteiger partial charge in [-0.15, -0.1) is 0 Å². The Balaban J connectivity index is 2.45. The Labute approximate surface area is 116 Å². The van der Waals surface area contributed by atoms with Crippen LogP contribution in [0.1, 0.15) is 11.1 Å². The van der Waals surface area contributed by atoms with Gasteiger partial charge in [0.15, 0.2) is 0 Å². The van der Waals surface area contributed by atoms with E-state index in [-0.39, 0.29) is 16.7 Å². The number of benzene rings is 1. The minimum absolute atomic E-state index is 0.183. The van der Waals surface area contributed by atoms with Crippen molar-refractivity contribution in [2.75, 3.05) is 0 Å². The zero-order chi connectivity index (χ0) is 15.6. The van der Waals surface area contributed by atoms with E-state index < -0.39 is 30.1 Å². The summed E-state index contributed by atoms with van der Waals surface area (Å²) in [4.78, 5) is 14.0. The Morgan fingerprint density at radius 2 is 1.90 bits per heavy atom. The molecule has 0 spiro atoms. The molecule has 0 aliphatic carbocycles. The molecule has 1 aromatic heterocycles. The summed E-state index contributed by atoms with van der Waals surface area (Å²) < 4.78 is 51.3. The summed E-state index contributed by atoms with van der Waals surface area (Å²) >= 11 is 0. The van der Waals surface area contributed by atoms with E-state index in [1.165, 1.54) is 18.2 Å². The minimum atomic E-state index is -4.49. The van der Waals surface area contributed by atoms with Gasteiger partial charge in [0.1, 0.15) is 0 Å². The van der Waals surface area contributed by atoms with Gasteiger partial charge in [0.05, 0.1) is 12.0 Å². The van der Waals surface area contributed by atoms with Crippen LogP contribution >= 0.6 is 0 Å². The first-order valence-corrected chi connectivity index (χ1v) is 5.81. The Hall–Kier alpha value is -2.44. The molecule has 2 rings (SSSR count). The average Bonchev–Trinajstić information content (AvgIpc) is 2.40. The quantitative estimate of drug-likeness (QED) is 0.696. The van der Waals surface area contributed by atoms with Crippen molar-refractivity contribution in [3.05, 3.63) is 53.6 Å². The van der Waals surface area contributed by atoms with Crippen molar-refractivity contribution in [1.82, 2.24) is 4.98 Å². The molecule has 0 bridgehead atoms. The minimum Gasteiger partial charge on any atom is -0.481 e. The topological polar surface area (TPSA) is 50.2 Å². The van der Waals surface area contributed by atoms with Crippen LogP contribution in [0.5, 0.6) is 0 Å². The van der Waals surface area contributed by atoms with Gasteiger partial charge in [0.25, 0.3) is 0 Å². The van der Waals surface area contributed by atoms with Crippen LogP contribution in [-0.2, 0) is 17.4 Å². The standard InChI is InChI=1S/C14H9F4NO2/c15-13-9(6-12(20)21)4-10(7-19-13)8-2-1-3-11(5-8)14(16,17)18/h1-5,7H,6H2,(H,20,21). The molecule has 0 amide bonds. The molecule has 110 valence electrons. The second-order valence-corrected chi connectivity index (χ2v) is 4.32. The molecule has 3 nitrogen and oxygen atoms in total. The second-order valence-electron chi connectivity index (χ2n) is 4.32. The van der Waals surface area contributed by atoms with Gasteiger partial charge < -0.3 is 5.11 Å². The van der Waals surface area contributed by atoms with Crippen LogP contribution in [0.3, 0.4) is 0 Å². The summed E-state index contributed by atoms with van der Waals surface area (Å²) in [5.74, 6) is -2.20. The van der Waals surface area contributed by atoms with Gasteiger partial charge in [-0.3, -0.25) is 4.79 Å². The van der Waals surface area contributed by atoms with Gasteiger partial charge in [-0.2, -0.15) is 17.6 Å². The normalized spacial score (nSPS) is 11.4. The lowest BCUT2D eigenvalue weighted by atomic mass is 10.0. The SMILES string of the molecule is O=C(O)Cc1cc(-c2cccc(C(F)(F)F)c2)cnc1F. The van der Waals surface area contributed by atoms with Crippen LogP contribution in [0.2, 0.25) is 0 Å². The number of alkyl halides is 3. The van der Waals surface area contributed by atoms with E-state index in [2.05, 4.69) is 4.98 Å². The molecule has 2 aromatic rings. The van der Waals surface area contributed by atoms with Crippen LogP contribution in [0, 0.1) is 5.95 Å². The van der Waals surface area contributed by atoms with E-state index in [1.807, 2.05) is 0 Å². The van der Waals surface area contributed by atoms with Crippen molar-refractivity contribution < 1.29 is 27.5 Å². The third-order valence-corrected chi connectivity index (χ3v) is 2.78. The van der Waals surface area contributed by atoms with Crippen molar-refractivity contribution in [2.45, 2.75) is 12.6 Å². The second kappa shape index (κ2) is 5.51. The summed E-state index contributed by atoms with van der Waals surface area (Å²) in [6, 6.07) is 5.64. The highest BCUT2D eigenvalue weighted by molar-refractivity contribution is 5.72. The van der Waals surface area contributed by atoms with Crippen molar-refractivity contribution in [2.24, 2.45) is 0 Å². The number of nitrogens with zero attached hydrogens (tertiary/aromatic N) is 1. The summed E-state index contributed by atoms with van der Waals surface area (Å²) in [5, 5.41) is 8.66. The Kier molecular flexibility index (Phi) is 3.93. The zero-order valence-corrected chi connectivity index (χ0v) is 10.5. The first-order chi connectivity index (χ1) is 9.77. The van der Waals surface area contributed by atoms with Crippen LogP contribution in [0.15, 0.2) is 36.5 Å². The van der Waals surface area contributed by atoms with Crippen LogP contribution in [0.4, 0.5) is 17.6 Å². The van der Waals surface area contributed by atoms with Crippen LogP contribution in [0.25, 0.3) is 11.1 Å². The summed E-state index contributed by atoms with van der Waals surface area (Å²) in [7, 11) is 0. The van der Waals surface area contributed by atoms with E-state index in [4.69, 9.17) is 5.11 Å². The van der Waals surface area contributed by atoms with Crippen molar-refractivity contribution in [1.29, 1.82) is 0 Å². The summed E-state index contributed by atoms with van der Waals surface area (Å²) in [6.45, 7) is 0. The lowest BCUT2D eigenvalue weighted by Crippen LogP contribution is -2.05. The molecule has 0 fully saturated rings. The highest BCUT2D eigenvalue weighted by atomic mass is 19.4. The van der Waals surface area contributed by atoms with Crippen molar-refractivity contribution in [3.63, 3.8) is 0 Å². The number of carboxylic acids is 1. The van der Waals surface area contributed by atoms with E-state index in [9.17, 15) is 22.4 Å². The molecule has 0 radical (unpaired) electrons. The number of aliphatic carboxylic acids is 1. The molecule has 1 aromatic carbocycles. The molecule has 0 aliphatic rings.